The van der Waals surface area contributed by atoms with Gasteiger partial charge in [0.15, 0.2) is 5.82 Å². The number of rotatable bonds is 3. The van der Waals surface area contributed by atoms with E-state index in [0.717, 1.165) is 12.1 Å². The molecule has 0 unspecified atom stereocenters. The van der Waals surface area contributed by atoms with Crippen LogP contribution in [0, 0.1) is 12.8 Å². The molecule has 76 valence electrons. The van der Waals surface area contributed by atoms with Gasteiger partial charge in [0.25, 0.3) is 0 Å². The monoisotopic (exact) mass is 192 g/mol. The molecule has 14 heavy (non-hydrogen) atoms. The zero-order chi connectivity index (χ0) is 10.6. The molecule has 4 heteroatoms. The quantitative estimate of drug-likeness (QED) is 0.746. The number of aryl methyl sites for hydroxylation is 1. The van der Waals surface area contributed by atoms with Gasteiger partial charge in [0.05, 0.1) is 5.69 Å². The van der Waals surface area contributed by atoms with E-state index in [0.29, 0.717) is 17.4 Å². The van der Waals surface area contributed by atoms with Crippen molar-refractivity contribution in [1.82, 2.24) is 9.97 Å². The van der Waals surface area contributed by atoms with Crippen molar-refractivity contribution in [2.24, 2.45) is 10.9 Å². The Bertz CT molecular complexity index is 313. The van der Waals surface area contributed by atoms with Crippen LogP contribution in [0.2, 0.25) is 0 Å². The van der Waals surface area contributed by atoms with Gasteiger partial charge in [-0.05, 0) is 19.3 Å². The first-order valence-corrected chi connectivity index (χ1v) is 4.76. The van der Waals surface area contributed by atoms with Crippen molar-refractivity contribution in [3.05, 3.63) is 12.0 Å². The molecule has 0 aliphatic heterocycles. The normalized spacial score (nSPS) is 13.4. The second-order valence-electron chi connectivity index (χ2n) is 3.36. The van der Waals surface area contributed by atoms with E-state index in [1.807, 2.05) is 13.1 Å². The molecule has 0 spiro atoms. The predicted molar refractivity (Wildman–Crippen MR) is 58.8 cm³/mol. The van der Waals surface area contributed by atoms with E-state index in [4.69, 9.17) is 5.73 Å². The Kier molecular flexibility index (Phi) is 3.56. The second kappa shape index (κ2) is 4.69. The SMILES string of the molecule is CC[C@@H](C)C=Nc1c(C)ncnc1N. The molecule has 4 nitrogen and oxygen atoms in total. The number of aliphatic imine (C=N–C) groups is 1. The van der Waals surface area contributed by atoms with Crippen molar-refractivity contribution < 1.29 is 0 Å². The van der Waals surface area contributed by atoms with Crippen LogP contribution in [0.15, 0.2) is 11.3 Å². The summed E-state index contributed by atoms with van der Waals surface area (Å²) < 4.78 is 0. The molecule has 0 radical (unpaired) electrons. The molecular weight excluding hydrogens is 176 g/mol. The summed E-state index contributed by atoms with van der Waals surface area (Å²) in [5, 5.41) is 0. The zero-order valence-corrected chi connectivity index (χ0v) is 8.86. The molecule has 2 N–H and O–H groups in total. The van der Waals surface area contributed by atoms with Crippen LogP contribution in [0.5, 0.6) is 0 Å². The molecule has 0 aromatic carbocycles. The Morgan fingerprint density at radius 2 is 2.29 bits per heavy atom. The maximum absolute atomic E-state index is 5.68. The summed E-state index contributed by atoms with van der Waals surface area (Å²) in [5.74, 6) is 0.894. The highest BCUT2D eigenvalue weighted by Gasteiger charge is 2.02. The molecule has 1 aromatic rings. The molecule has 1 atom stereocenters. The summed E-state index contributed by atoms with van der Waals surface area (Å²) in [6.07, 6.45) is 4.41. The van der Waals surface area contributed by atoms with Crippen LogP contribution in [0.1, 0.15) is 26.0 Å². The number of hydrogen-bond acceptors (Lipinski definition) is 4. The van der Waals surface area contributed by atoms with Gasteiger partial charge >= 0.3 is 0 Å². The van der Waals surface area contributed by atoms with Gasteiger partial charge in [0.2, 0.25) is 0 Å². The molecule has 1 rings (SSSR count). The van der Waals surface area contributed by atoms with Crippen molar-refractivity contribution >= 4 is 17.7 Å². The average molecular weight is 192 g/mol. The zero-order valence-electron chi connectivity index (χ0n) is 8.86. The molecule has 1 aromatic heterocycles. The smallest absolute Gasteiger partial charge is 0.153 e. The Labute approximate surface area is 84.3 Å². The van der Waals surface area contributed by atoms with E-state index in [-0.39, 0.29) is 0 Å². The van der Waals surface area contributed by atoms with Crippen molar-refractivity contribution in [1.29, 1.82) is 0 Å². The molecule has 0 aliphatic rings. The lowest BCUT2D eigenvalue weighted by Gasteiger charge is -2.03. The number of anilines is 1. The van der Waals surface area contributed by atoms with E-state index >= 15 is 0 Å². The highest BCUT2D eigenvalue weighted by molar-refractivity contribution is 5.71. The lowest BCUT2D eigenvalue weighted by molar-refractivity contribution is 0.754. The minimum absolute atomic E-state index is 0.442. The maximum atomic E-state index is 5.68. The van der Waals surface area contributed by atoms with Gasteiger partial charge in [0.1, 0.15) is 12.0 Å². The first-order chi connectivity index (χ1) is 6.65. The Balaban J connectivity index is 2.91. The summed E-state index contributed by atoms with van der Waals surface area (Å²) in [6.45, 7) is 6.11. The first-order valence-electron chi connectivity index (χ1n) is 4.76. The molecule has 0 aliphatic carbocycles. The van der Waals surface area contributed by atoms with Crippen LogP contribution in [-0.4, -0.2) is 16.2 Å². The second-order valence-corrected chi connectivity index (χ2v) is 3.36. The maximum Gasteiger partial charge on any atom is 0.153 e. The number of hydrogen-bond donors (Lipinski definition) is 1. The van der Waals surface area contributed by atoms with E-state index in [9.17, 15) is 0 Å². The number of nitrogens with zero attached hydrogens (tertiary/aromatic N) is 3. The Morgan fingerprint density at radius 1 is 1.57 bits per heavy atom. The lowest BCUT2D eigenvalue weighted by atomic mass is 10.1. The van der Waals surface area contributed by atoms with Gasteiger partial charge in [-0.25, -0.2) is 9.97 Å². The molecule has 0 fully saturated rings. The third kappa shape index (κ3) is 2.52. The van der Waals surface area contributed by atoms with Crippen molar-refractivity contribution in [2.75, 3.05) is 5.73 Å². The van der Waals surface area contributed by atoms with Gasteiger partial charge in [-0.3, -0.25) is 4.99 Å². The third-order valence-corrected chi connectivity index (χ3v) is 2.14. The molecule has 0 saturated carbocycles. The molecule has 0 saturated heterocycles. The number of aromatic nitrogens is 2. The fourth-order valence-corrected chi connectivity index (χ4v) is 0.952. The van der Waals surface area contributed by atoms with Crippen LogP contribution in [0.3, 0.4) is 0 Å². The van der Waals surface area contributed by atoms with Crippen LogP contribution in [0.4, 0.5) is 11.5 Å². The fourth-order valence-electron chi connectivity index (χ4n) is 0.952. The van der Waals surface area contributed by atoms with Crippen LogP contribution in [-0.2, 0) is 0 Å². The van der Waals surface area contributed by atoms with Crippen molar-refractivity contribution in [3.8, 4) is 0 Å². The number of nitrogens with two attached hydrogens (primary N) is 1. The minimum atomic E-state index is 0.442. The summed E-state index contributed by atoms with van der Waals surface area (Å²) in [6, 6.07) is 0. The Hall–Kier alpha value is -1.45. The first kappa shape index (κ1) is 10.6. The van der Waals surface area contributed by atoms with Gasteiger partial charge in [-0.2, -0.15) is 0 Å². The van der Waals surface area contributed by atoms with Crippen molar-refractivity contribution in [2.45, 2.75) is 27.2 Å². The summed E-state index contributed by atoms with van der Waals surface area (Å²) in [4.78, 5) is 12.2. The summed E-state index contributed by atoms with van der Waals surface area (Å²) in [5.41, 5.74) is 7.19. The topological polar surface area (TPSA) is 64.2 Å². The highest BCUT2D eigenvalue weighted by atomic mass is 15.0. The molecule has 0 bridgehead atoms. The summed E-state index contributed by atoms with van der Waals surface area (Å²) >= 11 is 0. The minimum Gasteiger partial charge on any atom is -0.382 e. The van der Waals surface area contributed by atoms with Gasteiger partial charge in [-0.1, -0.05) is 13.8 Å². The van der Waals surface area contributed by atoms with Crippen LogP contribution >= 0.6 is 0 Å². The third-order valence-electron chi connectivity index (χ3n) is 2.14. The van der Waals surface area contributed by atoms with Crippen LogP contribution < -0.4 is 5.73 Å². The van der Waals surface area contributed by atoms with E-state index in [1.54, 1.807) is 0 Å². The van der Waals surface area contributed by atoms with Gasteiger partial charge in [0, 0.05) is 6.21 Å². The number of nitrogen functional groups attached to an aromatic ring is 1. The molecular formula is C10H16N4. The van der Waals surface area contributed by atoms with Crippen molar-refractivity contribution in [3.63, 3.8) is 0 Å². The van der Waals surface area contributed by atoms with Gasteiger partial charge in [-0.15, -0.1) is 0 Å². The molecule has 1 heterocycles. The van der Waals surface area contributed by atoms with Crippen LogP contribution in [0.25, 0.3) is 0 Å². The lowest BCUT2D eigenvalue weighted by Crippen LogP contribution is -1.97. The Morgan fingerprint density at radius 3 is 2.86 bits per heavy atom. The molecule has 0 amide bonds. The van der Waals surface area contributed by atoms with E-state index < -0.39 is 0 Å². The predicted octanol–water partition coefficient (Wildman–Crippen LogP) is 2.12. The van der Waals surface area contributed by atoms with E-state index in [2.05, 4.69) is 28.8 Å². The largest absolute Gasteiger partial charge is 0.382 e. The fraction of sp³-hybridized carbons (Fsp3) is 0.500. The standard InChI is InChI=1S/C10H16N4/c1-4-7(2)5-12-9-8(3)13-6-14-10(9)11/h5-7H,4H2,1-3H3,(H2,11,13,14)/t7-/m1/s1. The highest BCUT2D eigenvalue weighted by Crippen LogP contribution is 2.21. The average Bonchev–Trinajstić information content (AvgIpc) is 2.16. The van der Waals surface area contributed by atoms with E-state index in [1.165, 1.54) is 6.33 Å². The summed E-state index contributed by atoms with van der Waals surface area (Å²) in [7, 11) is 0. The van der Waals surface area contributed by atoms with Gasteiger partial charge < -0.3 is 5.73 Å².